The quantitative estimate of drug-likeness (QED) is 0.874. The van der Waals surface area contributed by atoms with Crippen molar-refractivity contribution in [3.8, 4) is 0 Å². The summed E-state index contributed by atoms with van der Waals surface area (Å²) in [6.45, 7) is 11.2. The maximum atomic E-state index is 12.2. The Morgan fingerprint density at radius 1 is 1.17 bits per heavy atom. The second-order valence-corrected chi connectivity index (χ2v) is 7.29. The first-order valence-corrected chi connectivity index (χ1v) is 8.25. The lowest BCUT2D eigenvalue weighted by atomic mass is 9.86. The molecular formula is C19H26N4O. The summed E-state index contributed by atoms with van der Waals surface area (Å²) in [5.74, 6) is 0.634. The lowest BCUT2D eigenvalue weighted by molar-refractivity contribution is 0.0944. The molecular weight excluding hydrogens is 300 g/mol. The van der Waals surface area contributed by atoms with E-state index in [-0.39, 0.29) is 11.3 Å². The molecule has 1 aromatic heterocycles. The van der Waals surface area contributed by atoms with E-state index in [9.17, 15) is 4.79 Å². The molecule has 0 aliphatic rings. The van der Waals surface area contributed by atoms with Crippen molar-refractivity contribution in [1.29, 1.82) is 0 Å². The summed E-state index contributed by atoms with van der Waals surface area (Å²) in [5, 5.41) is 6.11. The van der Waals surface area contributed by atoms with E-state index in [0.717, 1.165) is 5.69 Å². The molecule has 0 spiro atoms. The first-order chi connectivity index (χ1) is 11.3. The zero-order valence-corrected chi connectivity index (χ0v) is 15.1. The van der Waals surface area contributed by atoms with Gasteiger partial charge in [-0.3, -0.25) is 4.79 Å². The minimum absolute atomic E-state index is 0.00412. The van der Waals surface area contributed by atoms with Gasteiger partial charge in [-0.15, -0.1) is 0 Å². The fraction of sp³-hybridized carbons (Fsp3) is 0.421. The van der Waals surface area contributed by atoms with Gasteiger partial charge >= 0.3 is 0 Å². The van der Waals surface area contributed by atoms with Crippen LogP contribution >= 0.6 is 0 Å². The van der Waals surface area contributed by atoms with Gasteiger partial charge < -0.3 is 10.6 Å². The predicted octanol–water partition coefficient (Wildman–Crippen LogP) is 3.90. The van der Waals surface area contributed by atoms with Crippen molar-refractivity contribution in [1.82, 2.24) is 15.3 Å². The van der Waals surface area contributed by atoms with Crippen LogP contribution in [0.2, 0.25) is 0 Å². The number of nitrogens with one attached hydrogen (secondary N) is 2. The number of para-hydroxylation sites is 1. The van der Waals surface area contributed by atoms with Gasteiger partial charge in [0.05, 0.1) is 0 Å². The third kappa shape index (κ3) is 4.78. The van der Waals surface area contributed by atoms with Gasteiger partial charge in [-0.05, 0) is 29.0 Å². The summed E-state index contributed by atoms with van der Waals surface area (Å²) in [6.07, 6.45) is 1.60. The second-order valence-electron chi connectivity index (χ2n) is 7.29. The molecule has 128 valence electrons. The van der Waals surface area contributed by atoms with Gasteiger partial charge in [0.15, 0.2) is 0 Å². The van der Waals surface area contributed by atoms with E-state index in [2.05, 4.69) is 61.3 Å². The molecule has 0 aliphatic carbocycles. The number of benzene rings is 1. The smallest absolute Gasteiger partial charge is 0.270 e. The molecule has 2 N–H and O–H groups in total. The zero-order valence-electron chi connectivity index (χ0n) is 15.1. The Hall–Kier alpha value is -2.43. The maximum Gasteiger partial charge on any atom is 0.270 e. The molecule has 0 unspecified atom stereocenters. The fourth-order valence-electron chi connectivity index (χ4n) is 2.30. The van der Waals surface area contributed by atoms with E-state index in [4.69, 9.17) is 0 Å². The second kappa shape index (κ2) is 7.43. The van der Waals surface area contributed by atoms with Crippen molar-refractivity contribution in [3.05, 3.63) is 47.8 Å². The monoisotopic (exact) mass is 326 g/mol. The van der Waals surface area contributed by atoms with Crippen LogP contribution in [-0.2, 0) is 5.41 Å². The summed E-state index contributed by atoms with van der Waals surface area (Å²) < 4.78 is 0. The van der Waals surface area contributed by atoms with E-state index < -0.39 is 0 Å². The fourth-order valence-corrected chi connectivity index (χ4v) is 2.30. The van der Waals surface area contributed by atoms with Crippen LogP contribution in [0.3, 0.4) is 0 Å². The summed E-state index contributed by atoms with van der Waals surface area (Å²) in [6, 6.07) is 9.69. The molecule has 5 heteroatoms. The Balaban J connectivity index is 2.20. The van der Waals surface area contributed by atoms with Gasteiger partial charge in [0.1, 0.15) is 5.69 Å². The largest absolute Gasteiger partial charge is 0.350 e. The van der Waals surface area contributed by atoms with Crippen LogP contribution in [0, 0.1) is 5.92 Å². The van der Waals surface area contributed by atoms with Crippen LogP contribution in [0.5, 0.6) is 0 Å². The van der Waals surface area contributed by atoms with Crippen molar-refractivity contribution in [3.63, 3.8) is 0 Å². The first kappa shape index (κ1) is 17.9. The molecule has 0 saturated carbocycles. The molecule has 1 heterocycles. The highest BCUT2D eigenvalue weighted by Crippen LogP contribution is 2.30. The van der Waals surface area contributed by atoms with Crippen molar-refractivity contribution < 1.29 is 4.79 Å². The average Bonchev–Trinajstić information content (AvgIpc) is 2.52. The molecule has 1 amide bonds. The summed E-state index contributed by atoms with van der Waals surface area (Å²) in [7, 11) is 0. The summed E-state index contributed by atoms with van der Waals surface area (Å²) in [4.78, 5) is 20.7. The molecule has 5 nitrogen and oxygen atoms in total. The standard InChI is InChI=1S/C19H26N4O/c1-13(2)12-21-17(24)16-10-11-20-18(23-16)22-15-9-7-6-8-14(15)19(3,4)5/h6-11,13H,12H2,1-5H3,(H,21,24)(H,20,22,23). The Morgan fingerprint density at radius 2 is 1.88 bits per heavy atom. The normalized spacial score (nSPS) is 11.4. The molecule has 2 rings (SSSR count). The van der Waals surface area contributed by atoms with Crippen LogP contribution in [0.4, 0.5) is 11.6 Å². The van der Waals surface area contributed by atoms with Gasteiger partial charge in [0, 0.05) is 18.4 Å². The Labute approximate surface area is 143 Å². The predicted molar refractivity (Wildman–Crippen MR) is 97.6 cm³/mol. The minimum atomic E-state index is -0.182. The van der Waals surface area contributed by atoms with Gasteiger partial charge in [0.25, 0.3) is 5.91 Å². The summed E-state index contributed by atoms with van der Waals surface area (Å²) in [5.41, 5.74) is 2.48. The molecule has 0 bridgehead atoms. The third-order valence-electron chi connectivity index (χ3n) is 3.54. The van der Waals surface area contributed by atoms with Gasteiger partial charge in [0.2, 0.25) is 5.95 Å². The highest BCUT2D eigenvalue weighted by atomic mass is 16.1. The van der Waals surface area contributed by atoms with E-state index in [1.54, 1.807) is 12.3 Å². The van der Waals surface area contributed by atoms with Crippen LogP contribution < -0.4 is 10.6 Å². The highest BCUT2D eigenvalue weighted by Gasteiger charge is 2.18. The lowest BCUT2D eigenvalue weighted by Gasteiger charge is -2.23. The Morgan fingerprint density at radius 3 is 2.54 bits per heavy atom. The zero-order chi connectivity index (χ0) is 17.7. The van der Waals surface area contributed by atoms with E-state index in [1.807, 2.05) is 18.2 Å². The topological polar surface area (TPSA) is 66.9 Å². The number of carbonyl (C=O) groups excluding carboxylic acids is 1. The third-order valence-corrected chi connectivity index (χ3v) is 3.54. The number of carbonyl (C=O) groups is 1. The first-order valence-electron chi connectivity index (χ1n) is 8.25. The van der Waals surface area contributed by atoms with Crippen molar-refractivity contribution in [2.24, 2.45) is 5.92 Å². The SMILES string of the molecule is CC(C)CNC(=O)c1ccnc(Nc2ccccc2C(C)(C)C)n1. The average molecular weight is 326 g/mol. The lowest BCUT2D eigenvalue weighted by Crippen LogP contribution is -2.28. The summed E-state index contributed by atoms with van der Waals surface area (Å²) >= 11 is 0. The van der Waals surface area contributed by atoms with E-state index >= 15 is 0 Å². The Kier molecular flexibility index (Phi) is 5.54. The molecule has 0 fully saturated rings. The van der Waals surface area contributed by atoms with Gasteiger partial charge in [-0.1, -0.05) is 52.8 Å². The molecule has 0 radical (unpaired) electrons. The molecule has 0 saturated heterocycles. The number of anilines is 2. The number of nitrogens with zero attached hydrogens (tertiary/aromatic N) is 2. The molecule has 0 atom stereocenters. The number of hydrogen-bond acceptors (Lipinski definition) is 4. The van der Waals surface area contributed by atoms with Crippen LogP contribution in [0.1, 0.15) is 50.7 Å². The molecule has 0 aliphatic heterocycles. The minimum Gasteiger partial charge on any atom is -0.350 e. The number of hydrogen-bond donors (Lipinski definition) is 2. The van der Waals surface area contributed by atoms with Crippen LogP contribution in [0.25, 0.3) is 0 Å². The van der Waals surface area contributed by atoms with Gasteiger partial charge in [-0.2, -0.15) is 0 Å². The number of amides is 1. The van der Waals surface area contributed by atoms with Crippen molar-refractivity contribution >= 4 is 17.5 Å². The van der Waals surface area contributed by atoms with E-state index in [1.165, 1.54) is 5.56 Å². The maximum absolute atomic E-state index is 12.2. The molecule has 1 aromatic carbocycles. The highest BCUT2D eigenvalue weighted by molar-refractivity contribution is 5.92. The molecule has 2 aromatic rings. The van der Waals surface area contributed by atoms with Crippen LogP contribution in [0.15, 0.2) is 36.5 Å². The number of rotatable bonds is 5. The van der Waals surface area contributed by atoms with Crippen LogP contribution in [-0.4, -0.2) is 22.4 Å². The molecule has 24 heavy (non-hydrogen) atoms. The number of aromatic nitrogens is 2. The van der Waals surface area contributed by atoms with Gasteiger partial charge in [-0.25, -0.2) is 9.97 Å². The van der Waals surface area contributed by atoms with E-state index in [0.29, 0.717) is 24.1 Å². The Bertz CT molecular complexity index is 705. The van der Waals surface area contributed by atoms with Crippen molar-refractivity contribution in [2.45, 2.75) is 40.0 Å². The van der Waals surface area contributed by atoms with Crippen molar-refractivity contribution in [2.75, 3.05) is 11.9 Å².